The molecule has 1 atom stereocenters. The zero-order chi connectivity index (χ0) is 20.8. The van der Waals surface area contributed by atoms with Crippen LogP contribution in [0, 0.1) is 21.4 Å². The van der Waals surface area contributed by atoms with E-state index in [1.54, 1.807) is 35.0 Å². The summed E-state index contributed by atoms with van der Waals surface area (Å²) in [5.74, 6) is -0.490. The Hall–Kier alpha value is -4.18. The normalized spacial score (nSPS) is 12.1. The number of amides is 1. The maximum absolute atomic E-state index is 12.6. The lowest BCUT2D eigenvalue weighted by atomic mass is 10.1. The predicted molar refractivity (Wildman–Crippen MR) is 109 cm³/mol. The molecule has 3 aromatic rings. The SMILES string of the molecule is C[C@H](NC(=O)/C(C#N)=C\c1cccn1-c1cccc([N+](=O)[O-])c1)c1ccccc1. The number of hydrogen-bond donors (Lipinski definition) is 1. The van der Waals surface area contributed by atoms with Gasteiger partial charge in [-0.25, -0.2) is 0 Å². The number of nitrogens with zero attached hydrogens (tertiary/aromatic N) is 3. The van der Waals surface area contributed by atoms with E-state index in [0.29, 0.717) is 11.4 Å². The molecule has 29 heavy (non-hydrogen) atoms. The fourth-order valence-corrected chi connectivity index (χ4v) is 2.90. The summed E-state index contributed by atoms with van der Waals surface area (Å²) in [5.41, 5.74) is 1.95. The van der Waals surface area contributed by atoms with Crippen molar-refractivity contribution in [3.8, 4) is 11.8 Å². The van der Waals surface area contributed by atoms with Crippen molar-refractivity contribution in [3.63, 3.8) is 0 Å². The predicted octanol–water partition coefficient (Wildman–Crippen LogP) is 4.17. The van der Waals surface area contributed by atoms with Crippen molar-refractivity contribution < 1.29 is 9.72 Å². The Labute approximate surface area is 167 Å². The van der Waals surface area contributed by atoms with E-state index in [9.17, 15) is 20.2 Å². The van der Waals surface area contributed by atoms with Crippen LogP contribution in [0.4, 0.5) is 5.69 Å². The highest BCUT2D eigenvalue weighted by Gasteiger charge is 2.15. The summed E-state index contributed by atoms with van der Waals surface area (Å²) in [6.45, 7) is 1.84. The number of carbonyl (C=O) groups is 1. The highest BCUT2D eigenvalue weighted by atomic mass is 16.6. The molecule has 0 saturated heterocycles. The lowest BCUT2D eigenvalue weighted by Crippen LogP contribution is -2.27. The fourth-order valence-electron chi connectivity index (χ4n) is 2.90. The number of aromatic nitrogens is 1. The van der Waals surface area contributed by atoms with E-state index in [0.717, 1.165) is 5.56 Å². The van der Waals surface area contributed by atoms with Crippen LogP contribution in [0.3, 0.4) is 0 Å². The Bertz CT molecular complexity index is 1110. The minimum atomic E-state index is -0.490. The Morgan fingerprint density at radius 1 is 1.17 bits per heavy atom. The van der Waals surface area contributed by atoms with Gasteiger partial charge in [-0.1, -0.05) is 36.4 Å². The summed E-state index contributed by atoms with van der Waals surface area (Å²) in [4.78, 5) is 23.1. The zero-order valence-electron chi connectivity index (χ0n) is 15.6. The first-order chi connectivity index (χ1) is 14.0. The van der Waals surface area contributed by atoms with Crippen LogP contribution in [0.1, 0.15) is 24.2 Å². The van der Waals surface area contributed by atoms with Crippen LogP contribution in [0.2, 0.25) is 0 Å². The molecule has 1 aromatic heterocycles. The van der Waals surface area contributed by atoms with Crippen molar-refractivity contribution in [2.75, 3.05) is 0 Å². The topological polar surface area (TPSA) is 101 Å². The number of nitrogens with one attached hydrogen (secondary N) is 1. The smallest absolute Gasteiger partial charge is 0.271 e. The molecule has 0 aliphatic rings. The van der Waals surface area contributed by atoms with Crippen molar-refractivity contribution in [2.24, 2.45) is 0 Å². The van der Waals surface area contributed by atoms with Crippen molar-refractivity contribution >= 4 is 17.7 Å². The van der Waals surface area contributed by atoms with Crippen LogP contribution in [0.25, 0.3) is 11.8 Å². The molecule has 0 radical (unpaired) electrons. The summed E-state index contributed by atoms with van der Waals surface area (Å²) in [7, 11) is 0. The minimum absolute atomic E-state index is 0.0407. The first-order valence-electron chi connectivity index (χ1n) is 8.89. The van der Waals surface area contributed by atoms with Gasteiger partial charge in [0.15, 0.2) is 0 Å². The third kappa shape index (κ3) is 4.57. The Morgan fingerprint density at radius 2 is 1.93 bits per heavy atom. The minimum Gasteiger partial charge on any atom is -0.345 e. The number of rotatable bonds is 6. The monoisotopic (exact) mass is 386 g/mol. The van der Waals surface area contributed by atoms with Gasteiger partial charge in [-0.3, -0.25) is 14.9 Å². The molecule has 7 nitrogen and oxygen atoms in total. The number of nitriles is 1. The molecular weight excluding hydrogens is 368 g/mol. The highest BCUT2D eigenvalue weighted by Crippen LogP contribution is 2.20. The molecule has 1 N–H and O–H groups in total. The number of non-ortho nitro benzene ring substituents is 1. The van der Waals surface area contributed by atoms with Crippen molar-refractivity contribution in [2.45, 2.75) is 13.0 Å². The number of benzene rings is 2. The second-order valence-electron chi connectivity index (χ2n) is 6.36. The van der Waals surface area contributed by atoms with Crippen molar-refractivity contribution in [3.05, 3.63) is 99.9 Å². The number of carbonyl (C=O) groups excluding carboxylic acids is 1. The lowest BCUT2D eigenvalue weighted by Gasteiger charge is -2.14. The van der Waals surface area contributed by atoms with Gasteiger partial charge < -0.3 is 9.88 Å². The molecule has 1 amide bonds. The average molecular weight is 386 g/mol. The van der Waals surface area contributed by atoms with Gasteiger partial charge in [0.05, 0.1) is 16.7 Å². The quantitative estimate of drug-likeness (QED) is 0.297. The van der Waals surface area contributed by atoms with Crippen LogP contribution >= 0.6 is 0 Å². The summed E-state index contributed by atoms with van der Waals surface area (Å²) in [6, 6.07) is 20.7. The van der Waals surface area contributed by atoms with Crippen molar-refractivity contribution in [1.29, 1.82) is 5.26 Å². The lowest BCUT2D eigenvalue weighted by molar-refractivity contribution is -0.384. The van der Waals surface area contributed by atoms with E-state index in [2.05, 4.69) is 5.32 Å². The maximum atomic E-state index is 12.6. The van der Waals surface area contributed by atoms with Crippen molar-refractivity contribution in [1.82, 2.24) is 9.88 Å². The van der Waals surface area contributed by atoms with E-state index in [1.807, 2.05) is 43.3 Å². The second kappa shape index (κ2) is 8.67. The maximum Gasteiger partial charge on any atom is 0.271 e. The summed E-state index contributed by atoms with van der Waals surface area (Å²) < 4.78 is 1.68. The van der Waals surface area contributed by atoms with Gasteiger partial charge >= 0.3 is 0 Å². The van der Waals surface area contributed by atoms with Gasteiger partial charge in [0.2, 0.25) is 0 Å². The molecular formula is C22H18N4O3. The summed E-state index contributed by atoms with van der Waals surface area (Å²) in [5, 5.41) is 23.3. The molecule has 2 aromatic carbocycles. The first-order valence-corrected chi connectivity index (χ1v) is 8.89. The molecule has 0 aliphatic carbocycles. The van der Waals surface area contributed by atoms with E-state index in [-0.39, 0.29) is 17.3 Å². The number of nitro benzene ring substituents is 1. The Morgan fingerprint density at radius 3 is 2.62 bits per heavy atom. The van der Waals surface area contributed by atoms with E-state index >= 15 is 0 Å². The molecule has 0 unspecified atom stereocenters. The third-order valence-corrected chi connectivity index (χ3v) is 4.40. The first kappa shape index (κ1) is 19.6. The van der Waals surface area contributed by atoms with E-state index in [4.69, 9.17) is 0 Å². The van der Waals surface area contributed by atoms with Gasteiger partial charge in [0.25, 0.3) is 11.6 Å². The molecule has 0 bridgehead atoms. The van der Waals surface area contributed by atoms with Crippen LogP contribution in [0.5, 0.6) is 0 Å². The van der Waals surface area contributed by atoms with Gasteiger partial charge in [0, 0.05) is 24.0 Å². The molecule has 0 spiro atoms. The van der Waals surface area contributed by atoms with Gasteiger partial charge in [-0.15, -0.1) is 0 Å². The number of hydrogen-bond acceptors (Lipinski definition) is 4. The molecule has 0 saturated carbocycles. The number of nitro groups is 1. The molecule has 0 aliphatic heterocycles. The molecule has 0 fully saturated rings. The largest absolute Gasteiger partial charge is 0.345 e. The molecule has 1 heterocycles. The van der Waals surface area contributed by atoms with E-state index < -0.39 is 10.8 Å². The van der Waals surface area contributed by atoms with Crippen LogP contribution < -0.4 is 5.32 Å². The van der Waals surface area contributed by atoms with Gasteiger partial charge in [-0.2, -0.15) is 5.26 Å². The summed E-state index contributed by atoms with van der Waals surface area (Å²) in [6.07, 6.45) is 3.18. The van der Waals surface area contributed by atoms with Crippen LogP contribution in [0.15, 0.2) is 78.5 Å². The van der Waals surface area contributed by atoms with E-state index in [1.165, 1.54) is 18.2 Å². The Balaban J connectivity index is 1.86. The van der Waals surface area contributed by atoms with Gasteiger partial charge in [-0.05, 0) is 36.8 Å². The molecule has 7 heteroatoms. The van der Waals surface area contributed by atoms with Crippen LogP contribution in [-0.2, 0) is 4.79 Å². The molecule has 144 valence electrons. The zero-order valence-corrected chi connectivity index (χ0v) is 15.6. The van der Waals surface area contributed by atoms with Gasteiger partial charge in [0.1, 0.15) is 11.6 Å². The third-order valence-electron chi connectivity index (χ3n) is 4.40. The van der Waals surface area contributed by atoms with Crippen LogP contribution in [-0.4, -0.2) is 15.4 Å². The molecule has 3 rings (SSSR count). The fraction of sp³-hybridized carbons (Fsp3) is 0.0909. The standard InChI is InChI=1S/C22H18N4O3/c1-16(17-7-3-2-4-8-17)24-22(27)18(15-23)13-19-11-6-12-25(19)20-9-5-10-21(14-20)26(28)29/h2-14,16H,1H3,(H,24,27)/b18-13-/t16-/m0/s1. The summed E-state index contributed by atoms with van der Waals surface area (Å²) >= 11 is 0. The second-order valence-corrected chi connectivity index (χ2v) is 6.36. The highest BCUT2D eigenvalue weighted by molar-refractivity contribution is 6.01. The Kier molecular flexibility index (Phi) is 5.85. The average Bonchev–Trinajstić information content (AvgIpc) is 3.20.